The Morgan fingerprint density at radius 3 is 3.07 bits per heavy atom. The zero-order valence-corrected chi connectivity index (χ0v) is 15.6. The second-order valence-electron chi connectivity index (χ2n) is 6.54. The molecular weight excluding hydrogens is 360 g/mol. The highest BCUT2D eigenvalue weighted by molar-refractivity contribution is 7.17. The zero-order valence-electron chi connectivity index (χ0n) is 14.8. The molecule has 0 saturated carbocycles. The summed E-state index contributed by atoms with van der Waals surface area (Å²) in [6.45, 7) is 2.68. The maximum absolute atomic E-state index is 12.9. The lowest BCUT2D eigenvalue weighted by Crippen LogP contribution is -2.37. The normalized spacial score (nSPS) is 14.4. The smallest absolute Gasteiger partial charge is 0.273 e. The van der Waals surface area contributed by atoms with Crippen molar-refractivity contribution in [1.29, 1.82) is 0 Å². The van der Waals surface area contributed by atoms with E-state index in [1.807, 2.05) is 29.6 Å². The molecule has 3 aromatic rings. The molecule has 7 heteroatoms. The number of benzene rings is 1. The van der Waals surface area contributed by atoms with Crippen LogP contribution in [0.2, 0.25) is 0 Å². The fourth-order valence-corrected chi connectivity index (χ4v) is 4.04. The molecule has 1 aromatic carbocycles. The number of thiophene rings is 1. The van der Waals surface area contributed by atoms with Gasteiger partial charge in [-0.25, -0.2) is 0 Å². The number of fused-ring (bicyclic) bond motifs is 2. The van der Waals surface area contributed by atoms with Crippen molar-refractivity contribution in [2.24, 2.45) is 0 Å². The lowest BCUT2D eigenvalue weighted by molar-refractivity contribution is 0.0732. The van der Waals surface area contributed by atoms with Crippen molar-refractivity contribution in [3.05, 3.63) is 52.2 Å². The predicted molar refractivity (Wildman–Crippen MR) is 105 cm³/mol. The maximum atomic E-state index is 12.9. The average molecular weight is 378 g/mol. The summed E-state index contributed by atoms with van der Waals surface area (Å²) in [4.78, 5) is 27.0. The van der Waals surface area contributed by atoms with E-state index in [2.05, 4.69) is 21.4 Å². The number of aromatic nitrogens is 2. The number of aromatic amines is 1. The molecule has 2 aromatic heterocycles. The number of terminal acetylenes is 1. The molecule has 1 unspecified atom stereocenters. The van der Waals surface area contributed by atoms with Gasteiger partial charge in [0.1, 0.15) is 0 Å². The lowest BCUT2D eigenvalue weighted by Gasteiger charge is -2.27. The minimum atomic E-state index is -0.362. The van der Waals surface area contributed by atoms with E-state index in [4.69, 9.17) is 6.42 Å². The number of nitrogens with one attached hydrogen (secondary N) is 2. The van der Waals surface area contributed by atoms with Gasteiger partial charge >= 0.3 is 0 Å². The topological polar surface area (TPSA) is 78.1 Å². The Balaban J connectivity index is 1.52. The Hall–Kier alpha value is -3.11. The fourth-order valence-electron chi connectivity index (χ4n) is 3.27. The highest BCUT2D eigenvalue weighted by Crippen LogP contribution is 2.25. The molecule has 27 heavy (non-hydrogen) atoms. The van der Waals surface area contributed by atoms with E-state index in [1.54, 1.807) is 23.2 Å². The number of carbonyl (C=O) groups is 2. The van der Waals surface area contributed by atoms with Gasteiger partial charge in [0.05, 0.1) is 18.3 Å². The molecule has 1 atom stereocenters. The third kappa shape index (κ3) is 3.20. The van der Waals surface area contributed by atoms with Crippen LogP contribution in [0.4, 0.5) is 0 Å². The van der Waals surface area contributed by atoms with Crippen molar-refractivity contribution in [3.63, 3.8) is 0 Å². The lowest BCUT2D eigenvalue weighted by atomic mass is 10.0. The second kappa shape index (κ2) is 6.89. The minimum Gasteiger partial charge on any atom is -0.337 e. The summed E-state index contributed by atoms with van der Waals surface area (Å²) in [5.74, 6) is 2.16. The Kier molecular flexibility index (Phi) is 4.42. The van der Waals surface area contributed by atoms with Gasteiger partial charge in [0, 0.05) is 22.4 Å². The van der Waals surface area contributed by atoms with E-state index in [9.17, 15) is 9.59 Å². The Bertz CT molecular complexity index is 1080. The average Bonchev–Trinajstić information content (AvgIpc) is 3.32. The van der Waals surface area contributed by atoms with Crippen LogP contribution < -0.4 is 5.32 Å². The second-order valence-corrected chi connectivity index (χ2v) is 7.49. The fraction of sp³-hybridized carbons (Fsp3) is 0.250. The Morgan fingerprint density at radius 2 is 2.26 bits per heavy atom. The maximum Gasteiger partial charge on any atom is 0.273 e. The molecule has 1 aliphatic heterocycles. The van der Waals surface area contributed by atoms with Crippen molar-refractivity contribution >= 4 is 33.2 Å². The monoisotopic (exact) mass is 378 g/mol. The van der Waals surface area contributed by atoms with Gasteiger partial charge in [0.2, 0.25) is 0 Å². The summed E-state index contributed by atoms with van der Waals surface area (Å²) < 4.78 is 1.16. The summed E-state index contributed by atoms with van der Waals surface area (Å²) in [6, 6.07) is 7.43. The number of hydrogen-bond acceptors (Lipinski definition) is 4. The van der Waals surface area contributed by atoms with Crippen molar-refractivity contribution in [2.75, 3.05) is 6.54 Å². The molecule has 136 valence electrons. The summed E-state index contributed by atoms with van der Waals surface area (Å²) in [5.41, 5.74) is 2.68. The molecule has 0 fully saturated rings. The first-order valence-corrected chi connectivity index (χ1v) is 9.54. The third-order valence-corrected chi connectivity index (χ3v) is 5.63. The molecule has 6 nitrogen and oxygen atoms in total. The number of carbonyl (C=O) groups excluding carboxylic acids is 2. The van der Waals surface area contributed by atoms with Crippen molar-refractivity contribution in [1.82, 2.24) is 20.4 Å². The molecule has 2 N–H and O–H groups in total. The first-order valence-electron chi connectivity index (χ1n) is 8.66. The standard InChI is InChI=1S/C20H18N4O2S/c1-3-12(2)21-19(25)18-15-6-8-24(11-16(15)22-23-18)20(26)14-4-5-17-13(10-14)7-9-27-17/h1,4-5,7,9-10,12H,6,8,11H2,2H3,(H,21,25)(H,22,23). The molecule has 0 saturated heterocycles. The van der Waals surface area contributed by atoms with Gasteiger partial charge in [0.15, 0.2) is 5.69 Å². The summed E-state index contributed by atoms with van der Waals surface area (Å²) >= 11 is 1.66. The van der Waals surface area contributed by atoms with Crippen molar-refractivity contribution in [3.8, 4) is 12.3 Å². The van der Waals surface area contributed by atoms with Gasteiger partial charge < -0.3 is 10.2 Å². The van der Waals surface area contributed by atoms with Gasteiger partial charge in [-0.15, -0.1) is 17.8 Å². The van der Waals surface area contributed by atoms with Crippen LogP contribution in [-0.2, 0) is 13.0 Å². The largest absolute Gasteiger partial charge is 0.337 e. The molecular formula is C20H18N4O2S. The van der Waals surface area contributed by atoms with Crippen LogP contribution in [-0.4, -0.2) is 39.5 Å². The Labute approximate surface area is 160 Å². The van der Waals surface area contributed by atoms with Gasteiger partial charge in [-0.05, 0) is 48.4 Å². The van der Waals surface area contributed by atoms with E-state index in [0.717, 1.165) is 21.3 Å². The van der Waals surface area contributed by atoms with Crippen LogP contribution in [0.5, 0.6) is 0 Å². The molecule has 0 aliphatic carbocycles. The van der Waals surface area contributed by atoms with Gasteiger partial charge in [0.25, 0.3) is 11.8 Å². The summed E-state index contributed by atoms with van der Waals surface area (Å²) in [5, 5.41) is 12.9. The molecule has 0 radical (unpaired) electrons. The zero-order chi connectivity index (χ0) is 19.0. The number of nitrogens with zero attached hydrogens (tertiary/aromatic N) is 2. The number of hydrogen-bond donors (Lipinski definition) is 2. The molecule has 0 bridgehead atoms. The van der Waals surface area contributed by atoms with Crippen molar-refractivity contribution in [2.45, 2.75) is 25.9 Å². The predicted octanol–water partition coefficient (Wildman–Crippen LogP) is 2.57. The highest BCUT2D eigenvalue weighted by atomic mass is 32.1. The van der Waals surface area contributed by atoms with Gasteiger partial charge in [-0.3, -0.25) is 14.7 Å². The SMILES string of the molecule is C#CC(C)NC(=O)c1n[nH]c2c1CCN(C(=O)c1ccc3sccc3c1)C2. The van der Waals surface area contributed by atoms with Crippen LogP contribution in [0.3, 0.4) is 0 Å². The number of rotatable bonds is 3. The van der Waals surface area contributed by atoms with E-state index in [0.29, 0.717) is 30.8 Å². The van der Waals surface area contributed by atoms with Gasteiger partial charge in [-0.1, -0.05) is 5.92 Å². The summed E-state index contributed by atoms with van der Waals surface area (Å²) in [6.07, 6.45) is 5.88. The first-order chi connectivity index (χ1) is 13.1. The van der Waals surface area contributed by atoms with E-state index in [-0.39, 0.29) is 17.9 Å². The Morgan fingerprint density at radius 1 is 1.41 bits per heavy atom. The van der Waals surface area contributed by atoms with E-state index < -0.39 is 0 Å². The van der Waals surface area contributed by atoms with Crippen LogP contribution in [0.25, 0.3) is 10.1 Å². The molecule has 1 aliphatic rings. The highest BCUT2D eigenvalue weighted by Gasteiger charge is 2.28. The molecule has 2 amide bonds. The van der Waals surface area contributed by atoms with E-state index in [1.165, 1.54) is 0 Å². The van der Waals surface area contributed by atoms with Crippen LogP contribution in [0.1, 0.15) is 39.0 Å². The molecule has 0 spiro atoms. The molecule has 4 rings (SSSR count). The van der Waals surface area contributed by atoms with Crippen LogP contribution >= 0.6 is 11.3 Å². The molecule has 3 heterocycles. The van der Waals surface area contributed by atoms with Gasteiger partial charge in [-0.2, -0.15) is 5.10 Å². The number of H-pyrrole nitrogens is 1. The minimum absolute atomic E-state index is 0.0182. The summed E-state index contributed by atoms with van der Waals surface area (Å²) in [7, 11) is 0. The van der Waals surface area contributed by atoms with Crippen molar-refractivity contribution < 1.29 is 9.59 Å². The number of amides is 2. The quantitative estimate of drug-likeness (QED) is 0.688. The van der Waals surface area contributed by atoms with E-state index >= 15 is 0 Å². The van der Waals surface area contributed by atoms with Crippen LogP contribution in [0, 0.1) is 12.3 Å². The third-order valence-electron chi connectivity index (χ3n) is 4.73. The first kappa shape index (κ1) is 17.3. The van der Waals surface area contributed by atoms with Crippen LogP contribution in [0.15, 0.2) is 29.6 Å².